The second-order valence-corrected chi connectivity index (χ2v) is 8.57. The van der Waals surface area contributed by atoms with Crippen LogP contribution in [0.25, 0.3) is 22.2 Å². The molecule has 3 aliphatic rings. The number of ketones is 1. The summed E-state index contributed by atoms with van der Waals surface area (Å²) in [6.07, 6.45) is -1.11. The minimum atomic E-state index is -0.786. The van der Waals surface area contributed by atoms with Crippen LogP contribution in [0.1, 0.15) is 24.3 Å². The molecule has 0 amide bonds. The van der Waals surface area contributed by atoms with Gasteiger partial charge in [-0.1, -0.05) is 24.3 Å². The van der Waals surface area contributed by atoms with E-state index < -0.39 is 36.1 Å². The maximum atomic E-state index is 15.3. The lowest BCUT2D eigenvalue weighted by atomic mass is 9.78. The molecule has 0 spiro atoms. The average molecular weight is 442 g/mol. The Morgan fingerprint density at radius 1 is 1.09 bits per heavy atom. The van der Waals surface area contributed by atoms with E-state index in [1.807, 2.05) is 0 Å². The summed E-state index contributed by atoms with van der Waals surface area (Å²) in [5, 5.41) is 9.84. The molecule has 9 heteroatoms. The van der Waals surface area contributed by atoms with Crippen molar-refractivity contribution >= 4 is 16.8 Å². The molecule has 7 nitrogen and oxygen atoms in total. The number of halogens is 2. The molecular weight excluding hydrogens is 422 g/mol. The third-order valence-corrected chi connectivity index (χ3v) is 6.51. The number of hydrogen-bond donors (Lipinski definition) is 2. The standard InChI is InChI=1S/C23H20F2N2O5/c24-14-7-15-20(27-23(26-15)32-17-9-31-21-16(29)8-30-22(17)21)19(25)18(14)11-3-1-10(2-4-11)12-5-13(28)6-12/h1-4,7,12,16-17,21-22,29H,5-6,8-9H2,(H,26,27)/t16-,17-,21-,22-/m1/s1. The summed E-state index contributed by atoms with van der Waals surface area (Å²) in [5.41, 5.74) is 1.35. The molecule has 4 atom stereocenters. The SMILES string of the molecule is O=C1CC(c2ccc(-c3c(F)cc4[nH]c(O[C@@H]5CO[C@H]6[C@@H]5OC[C@H]6O)nc4c3F)cc2)C1. The number of nitrogens with zero attached hydrogens (tertiary/aromatic N) is 1. The summed E-state index contributed by atoms with van der Waals surface area (Å²) in [6, 6.07) is 8.15. The van der Waals surface area contributed by atoms with Crippen molar-refractivity contribution in [1.82, 2.24) is 9.97 Å². The van der Waals surface area contributed by atoms with Crippen molar-refractivity contribution in [2.75, 3.05) is 13.2 Å². The van der Waals surface area contributed by atoms with E-state index in [4.69, 9.17) is 14.2 Å². The molecule has 3 heterocycles. The van der Waals surface area contributed by atoms with Gasteiger partial charge >= 0.3 is 0 Å². The quantitative estimate of drug-likeness (QED) is 0.646. The molecule has 3 fully saturated rings. The van der Waals surface area contributed by atoms with Crippen molar-refractivity contribution in [3.63, 3.8) is 0 Å². The molecule has 1 aliphatic carbocycles. The highest BCUT2D eigenvalue weighted by molar-refractivity contribution is 5.87. The number of carbonyl (C=O) groups is 1. The number of carbonyl (C=O) groups excluding carboxylic acids is 1. The maximum Gasteiger partial charge on any atom is 0.295 e. The number of aromatic amines is 1. The Morgan fingerprint density at radius 2 is 1.84 bits per heavy atom. The first-order valence-corrected chi connectivity index (χ1v) is 10.6. The minimum absolute atomic E-state index is 0.0275. The van der Waals surface area contributed by atoms with E-state index in [0.29, 0.717) is 18.4 Å². The van der Waals surface area contributed by atoms with E-state index in [0.717, 1.165) is 5.56 Å². The molecule has 0 unspecified atom stereocenters. The van der Waals surface area contributed by atoms with Crippen molar-refractivity contribution in [2.24, 2.45) is 0 Å². The average Bonchev–Trinajstić information content (AvgIpc) is 3.44. The second-order valence-electron chi connectivity index (χ2n) is 8.57. The van der Waals surface area contributed by atoms with Crippen LogP contribution in [0.5, 0.6) is 6.01 Å². The van der Waals surface area contributed by atoms with Crippen LogP contribution in [-0.2, 0) is 14.3 Å². The van der Waals surface area contributed by atoms with E-state index in [9.17, 15) is 14.3 Å². The number of Topliss-reactive ketones (excluding diaryl/α,β-unsaturated/α-hetero) is 1. The molecule has 32 heavy (non-hydrogen) atoms. The summed E-state index contributed by atoms with van der Waals surface area (Å²) >= 11 is 0. The van der Waals surface area contributed by atoms with E-state index in [1.54, 1.807) is 24.3 Å². The summed E-state index contributed by atoms with van der Waals surface area (Å²) < 4.78 is 47.0. The predicted octanol–water partition coefficient (Wildman–Crippen LogP) is 2.86. The van der Waals surface area contributed by atoms with Gasteiger partial charge in [0.15, 0.2) is 11.9 Å². The first-order chi connectivity index (χ1) is 15.5. The minimum Gasteiger partial charge on any atom is -0.456 e. The number of nitrogens with one attached hydrogen (secondary N) is 1. The van der Waals surface area contributed by atoms with Crippen LogP contribution in [0.15, 0.2) is 30.3 Å². The number of H-pyrrole nitrogens is 1. The summed E-state index contributed by atoms with van der Waals surface area (Å²) in [7, 11) is 0. The van der Waals surface area contributed by atoms with Gasteiger partial charge in [-0.05, 0) is 17.0 Å². The zero-order valence-corrected chi connectivity index (χ0v) is 16.9. The van der Waals surface area contributed by atoms with Gasteiger partial charge in [0.2, 0.25) is 0 Å². The van der Waals surface area contributed by atoms with Gasteiger partial charge in [-0.3, -0.25) is 4.79 Å². The van der Waals surface area contributed by atoms with Gasteiger partial charge in [0.25, 0.3) is 6.01 Å². The number of aromatic nitrogens is 2. The fourth-order valence-electron chi connectivity index (χ4n) is 4.71. The van der Waals surface area contributed by atoms with Crippen molar-refractivity contribution in [1.29, 1.82) is 0 Å². The zero-order valence-electron chi connectivity index (χ0n) is 16.9. The number of hydrogen-bond acceptors (Lipinski definition) is 6. The highest BCUT2D eigenvalue weighted by Crippen LogP contribution is 2.37. The third-order valence-electron chi connectivity index (χ3n) is 6.51. The van der Waals surface area contributed by atoms with Crippen LogP contribution >= 0.6 is 0 Å². The van der Waals surface area contributed by atoms with Crippen molar-refractivity contribution in [2.45, 2.75) is 43.2 Å². The van der Waals surface area contributed by atoms with Gasteiger partial charge in [0.1, 0.15) is 35.4 Å². The molecule has 0 radical (unpaired) electrons. The molecule has 0 bridgehead atoms. The van der Waals surface area contributed by atoms with Crippen LogP contribution in [-0.4, -0.2) is 58.5 Å². The van der Waals surface area contributed by atoms with E-state index in [2.05, 4.69) is 9.97 Å². The monoisotopic (exact) mass is 442 g/mol. The number of ether oxygens (including phenoxy) is 3. The fraction of sp³-hybridized carbons (Fsp3) is 0.391. The Labute approximate surface area is 181 Å². The number of imidazole rings is 1. The highest BCUT2D eigenvalue weighted by atomic mass is 19.1. The van der Waals surface area contributed by atoms with Crippen LogP contribution in [0, 0.1) is 11.6 Å². The zero-order chi connectivity index (χ0) is 22.0. The first-order valence-electron chi connectivity index (χ1n) is 10.6. The van der Waals surface area contributed by atoms with Crippen LogP contribution in [0.4, 0.5) is 8.78 Å². The normalized spacial score (nSPS) is 27.7. The van der Waals surface area contributed by atoms with Gasteiger partial charge in [0.05, 0.1) is 24.3 Å². The highest BCUT2D eigenvalue weighted by Gasteiger charge is 2.48. The molecule has 2 saturated heterocycles. The molecule has 3 aromatic rings. The first kappa shape index (κ1) is 19.8. The lowest BCUT2D eigenvalue weighted by Gasteiger charge is -2.24. The molecule has 166 valence electrons. The number of fused-ring (bicyclic) bond motifs is 2. The lowest BCUT2D eigenvalue weighted by Crippen LogP contribution is -2.34. The molecule has 2 aliphatic heterocycles. The largest absolute Gasteiger partial charge is 0.456 e. The lowest BCUT2D eigenvalue weighted by molar-refractivity contribution is -0.124. The fourth-order valence-corrected chi connectivity index (χ4v) is 4.71. The van der Waals surface area contributed by atoms with Gasteiger partial charge in [-0.25, -0.2) is 8.78 Å². The molecule has 6 rings (SSSR count). The maximum absolute atomic E-state index is 15.3. The Balaban J connectivity index is 1.28. The summed E-state index contributed by atoms with van der Waals surface area (Å²) in [5.74, 6) is -1.09. The number of rotatable bonds is 4. The van der Waals surface area contributed by atoms with Crippen molar-refractivity contribution < 1.29 is 32.9 Å². The molecule has 2 aromatic carbocycles. The Kier molecular flexibility index (Phi) is 4.53. The van der Waals surface area contributed by atoms with E-state index in [1.165, 1.54) is 6.07 Å². The molecule has 1 aromatic heterocycles. The Bertz CT molecular complexity index is 1200. The van der Waals surface area contributed by atoms with Crippen LogP contribution in [0.3, 0.4) is 0 Å². The molecule has 2 N–H and O–H groups in total. The topological polar surface area (TPSA) is 93.7 Å². The Morgan fingerprint density at radius 3 is 2.59 bits per heavy atom. The van der Waals surface area contributed by atoms with E-state index in [-0.39, 0.29) is 47.5 Å². The number of aliphatic hydroxyl groups is 1. The smallest absolute Gasteiger partial charge is 0.295 e. The number of benzene rings is 2. The summed E-state index contributed by atoms with van der Waals surface area (Å²) in [4.78, 5) is 18.2. The number of aliphatic hydroxyl groups excluding tert-OH is 1. The molecule has 1 saturated carbocycles. The van der Waals surface area contributed by atoms with Crippen molar-refractivity contribution in [3.05, 3.63) is 47.5 Å². The van der Waals surface area contributed by atoms with Gasteiger partial charge in [-0.2, -0.15) is 4.98 Å². The van der Waals surface area contributed by atoms with Crippen molar-refractivity contribution in [3.8, 4) is 17.1 Å². The third kappa shape index (κ3) is 3.11. The van der Waals surface area contributed by atoms with Crippen LogP contribution < -0.4 is 4.74 Å². The summed E-state index contributed by atoms with van der Waals surface area (Å²) in [6.45, 7) is 0.360. The predicted molar refractivity (Wildman–Crippen MR) is 108 cm³/mol. The molecular formula is C23H20F2N2O5. The van der Waals surface area contributed by atoms with E-state index >= 15 is 4.39 Å². The van der Waals surface area contributed by atoms with Gasteiger partial charge in [0, 0.05) is 18.9 Å². The van der Waals surface area contributed by atoms with Gasteiger partial charge in [-0.15, -0.1) is 0 Å². The second kappa shape index (κ2) is 7.33. The van der Waals surface area contributed by atoms with Gasteiger partial charge < -0.3 is 24.3 Å². The van der Waals surface area contributed by atoms with Crippen LogP contribution in [0.2, 0.25) is 0 Å². The Hall–Kier alpha value is -2.88.